The van der Waals surface area contributed by atoms with E-state index in [4.69, 9.17) is 33.5 Å². The molecule has 2 aromatic rings. The molecule has 1 saturated carbocycles. The average Bonchev–Trinajstić information content (AvgIpc) is 3.07. The molecule has 1 aromatic carbocycles. The number of rotatable bonds is 3. The van der Waals surface area contributed by atoms with E-state index in [0.717, 1.165) is 23.3 Å². The molecule has 0 amide bonds. The van der Waals surface area contributed by atoms with Crippen molar-refractivity contribution in [2.24, 2.45) is 5.92 Å². The monoisotopic (exact) mass is 282 g/mol. The zero-order valence-electron chi connectivity index (χ0n) is 9.62. The van der Waals surface area contributed by atoms with Gasteiger partial charge in [0.05, 0.1) is 15.6 Å². The summed E-state index contributed by atoms with van der Waals surface area (Å²) in [7, 11) is 0. The first-order chi connectivity index (χ1) is 8.66. The Kier molecular flexibility index (Phi) is 2.96. The maximum absolute atomic E-state index is 6.21. The van der Waals surface area contributed by atoms with Gasteiger partial charge < -0.3 is 10.3 Å². The molecule has 1 fully saturated rings. The second-order valence-corrected chi connectivity index (χ2v) is 5.42. The lowest BCUT2D eigenvalue weighted by molar-refractivity contribution is 0.381. The van der Waals surface area contributed by atoms with Gasteiger partial charge in [0.25, 0.3) is 0 Å². The molecule has 1 heterocycles. The fourth-order valence-corrected chi connectivity index (χ4v) is 2.65. The van der Waals surface area contributed by atoms with Crippen molar-refractivity contribution < 1.29 is 4.52 Å². The van der Waals surface area contributed by atoms with Gasteiger partial charge in [-0.2, -0.15) is 0 Å². The van der Waals surface area contributed by atoms with Gasteiger partial charge in [-0.05, 0) is 30.9 Å². The summed E-state index contributed by atoms with van der Waals surface area (Å²) in [5, 5.41) is 4.97. The maximum Gasteiger partial charge on any atom is 0.175 e. The summed E-state index contributed by atoms with van der Waals surface area (Å²) in [6.07, 6.45) is 3.31. The molecule has 0 saturated heterocycles. The fraction of sp³-hybridized carbons (Fsp3) is 0.308. The van der Waals surface area contributed by atoms with Crippen LogP contribution >= 0.6 is 23.2 Å². The molecule has 0 radical (unpaired) electrons. The molecule has 1 aliphatic rings. The van der Waals surface area contributed by atoms with Crippen LogP contribution in [0.15, 0.2) is 22.7 Å². The topological polar surface area (TPSA) is 52.0 Å². The first-order valence-corrected chi connectivity index (χ1v) is 6.61. The van der Waals surface area contributed by atoms with Crippen molar-refractivity contribution in [3.63, 3.8) is 0 Å². The standard InChI is InChI=1S/C13H12Cl2N2O/c14-8-2-1-3-9(15)11(8)12-10(6-7-4-5-7)18-17-13(12)16/h1-3,7H,4-6H2,(H2,16,17). The normalized spacial score (nSPS) is 15.0. The molecular formula is C13H12Cl2N2O. The van der Waals surface area contributed by atoms with E-state index >= 15 is 0 Å². The van der Waals surface area contributed by atoms with Gasteiger partial charge in [0.2, 0.25) is 0 Å². The minimum Gasteiger partial charge on any atom is -0.380 e. The Morgan fingerprint density at radius 3 is 2.50 bits per heavy atom. The molecule has 5 heteroatoms. The van der Waals surface area contributed by atoms with Gasteiger partial charge in [0.1, 0.15) is 5.76 Å². The molecule has 94 valence electrons. The van der Waals surface area contributed by atoms with Gasteiger partial charge in [-0.15, -0.1) is 0 Å². The smallest absolute Gasteiger partial charge is 0.175 e. The Labute approximate surface area is 115 Å². The van der Waals surface area contributed by atoms with Crippen LogP contribution in [0.1, 0.15) is 18.6 Å². The maximum atomic E-state index is 6.21. The largest absolute Gasteiger partial charge is 0.380 e. The highest BCUT2D eigenvalue weighted by Crippen LogP contribution is 2.42. The molecule has 0 unspecified atom stereocenters. The summed E-state index contributed by atoms with van der Waals surface area (Å²) >= 11 is 12.4. The van der Waals surface area contributed by atoms with Gasteiger partial charge >= 0.3 is 0 Å². The van der Waals surface area contributed by atoms with Gasteiger partial charge in [-0.25, -0.2) is 0 Å². The van der Waals surface area contributed by atoms with Crippen LogP contribution in [-0.4, -0.2) is 5.16 Å². The van der Waals surface area contributed by atoms with Crippen LogP contribution in [0.2, 0.25) is 10.0 Å². The molecule has 18 heavy (non-hydrogen) atoms. The molecule has 3 rings (SSSR count). The molecule has 3 nitrogen and oxygen atoms in total. The predicted octanol–water partition coefficient (Wildman–Crippen LogP) is 4.18. The number of hydrogen-bond acceptors (Lipinski definition) is 3. The number of aromatic nitrogens is 1. The first kappa shape index (κ1) is 11.9. The summed E-state index contributed by atoms with van der Waals surface area (Å²) in [5.41, 5.74) is 7.35. The molecule has 0 spiro atoms. The Balaban J connectivity index is 2.12. The van der Waals surface area contributed by atoms with Crippen LogP contribution in [-0.2, 0) is 6.42 Å². The van der Waals surface area contributed by atoms with Crippen molar-refractivity contribution >= 4 is 29.0 Å². The van der Waals surface area contributed by atoms with Gasteiger partial charge in [-0.3, -0.25) is 0 Å². The van der Waals surface area contributed by atoms with E-state index in [2.05, 4.69) is 5.16 Å². The first-order valence-electron chi connectivity index (χ1n) is 5.85. The zero-order valence-corrected chi connectivity index (χ0v) is 11.1. The van der Waals surface area contributed by atoms with Crippen molar-refractivity contribution in [2.75, 3.05) is 5.73 Å². The van der Waals surface area contributed by atoms with Crippen LogP contribution in [0.5, 0.6) is 0 Å². The third-order valence-electron chi connectivity index (χ3n) is 3.17. The van der Waals surface area contributed by atoms with Crippen LogP contribution in [0.4, 0.5) is 5.82 Å². The summed E-state index contributed by atoms with van der Waals surface area (Å²) in [4.78, 5) is 0. The summed E-state index contributed by atoms with van der Waals surface area (Å²) in [6, 6.07) is 5.38. The highest BCUT2D eigenvalue weighted by atomic mass is 35.5. The Bertz CT molecular complexity index is 570. The SMILES string of the molecule is Nc1noc(CC2CC2)c1-c1c(Cl)cccc1Cl. The fourth-order valence-electron chi connectivity index (χ4n) is 2.07. The number of nitrogens with zero attached hydrogens (tertiary/aromatic N) is 1. The van der Waals surface area contributed by atoms with Crippen molar-refractivity contribution in [1.29, 1.82) is 0 Å². The Morgan fingerprint density at radius 1 is 1.22 bits per heavy atom. The molecule has 0 bridgehead atoms. The third-order valence-corrected chi connectivity index (χ3v) is 3.80. The van der Waals surface area contributed by atoms with E-state index in [-0.39, 0.29) is 0 Å². The number of hydrogen-bond donors (Lipinski definition) is 1. The summed E-state index contributed by atoms with van der Waals surface area (Å²) < 4.78 is 5.32. The molecule has 1 aromatic heterocycles. The second kappa shape index (κ2) is 4.48. The van der Waals surface area contributed by atoms with Crippen LogP contribution in [0, 0.1) is 5.92 Å². The molecule has 1 aliphatic carbocycles. The van der Waals surface area contributed by atoms with E-state index in [1.807, 2.05) is 0 Å². The van der Waals surface area contributed by atoms with E-state index in [0.29, 0.717) is 21.8 Å². The van der Waals surface area contributed by atoms with E-state index in [1.54, 1.807) is 18.2 Å². The quantitative estimate of drug-likeness (QED) is 0.919. The lowest BCUT2D eigenvalue weighted by Gasteiger charge is -2.07. The zero-order chi connectivity index (χ0) is 12.7. The van der Waals surface area contributed by atoms with Crippen LogP contribution in [0.3, 0.4) is 0 Å². The molecular weight excluding hydrogens is 271 g/mol. The van der Waals surface area contributed by atoms with Gasteiger partial charge in [0, 0.05) is 12.0 Å². The van der Waals surface area contributed by atoms with Crippen LogP contribution in [0.25, 0.3) is 11.1 Å². The highest BCUT2D eigenvalue weighted by molar-refractivity contribution is 6.39. The van der Waals surface area contributed by atoms with E-state index < -0.39 is 0 Å². The molecule has 2 N–H and O–H groups in total. The second-order valence-electron chi connectivity index (χ2n) is 4.61. The summed E-state index contributed by atoms with van der Waals surface area (Å²) in [5.74, 6) is 1.81. The van der Waals surface area contributed by atoms with Crippen molar-refractivity contribution in [3.05, 3.63) is 34.0 Å². The Morgan fingerprint density at radius 2 is 1.89 bits per heavy atom. The van der Waals surface area contributed by atoms with Gasteiger partial charge in [-0.1, -0.05) is 34.4 Å². The summed E-state index contributed by atoms with van der Waals surface area (Å²) in [6.45, 7) is 0. The predicted molar refractivity (Wildman–Crippen MR) is 72.8 cm³/mol. The molecule has 0 atom stereocenters. The number of nitrogens with two attached hydrogens (primary N) is 1. The minimum absolute atomic E-state index is 0.348. The van der Waals surface area contributed by atoms with E-state index in [9.17, 15) is 0 Å². The van der Waals surface area contributed by atoms with Crippen molar-refractivity contribution in [2.45, 2.75) is 19.3 Å². The lowest BCUT2D eigenvalue weighted by Crippen LogP contribution is -1.93. The highest BCUT2D eigenvalue weighted by Gasteiger charge is 2.28. The number of nitrogen functional groups attached to an aromatic ring is 1. The van der Waals surface area contributed by atoms with Crippen molar-refractivity contribution in [3.8, 4) is 11.1 Å². The third kappa shape index (κ3) is 2.08. The average molecular weight is 283 g/mol. The number of halogens is 2. The van der Waals surface area contributed by atoms with Crippen LogP contribution < -0.4 is 5.73 Å². The van der Waals surface area contributed by atoms with Crippen molar-refractivity contribution in [1.82, 2.24) is 5.16 Å². The molecule has 0 aliphatic heterocycles. The number of benzene rings is 1. The van der Waals surface area contributed by atoms with E-state index in [1.165, 1.54) is 12.8 Å². The lowest BCUT2D eigenvalue weighted by atomic mass is 10.0. The minimum atomic E-state index is 0.348. The van der Waals surface area contributed by atoms with Gasteiger partial charge in [0.15, 0.2) is 5.82 Å². The Hall–Kier alpha value is -1.19. The number of anilines is 1.